The van der Waals surface area contributed by atoms with Crippen LogP contribution in [0.1, 0.15) is 5.56 Å². The van der Waals surface area contributed by atoms with E-state index in [1.165, 1.54) is 22.6 Å². The Balaban J connectivity index is 1.78. The number of aryl methyl sites for hydroxylation is 2. The second kappa shape index (κ2) is 8.66. The van der Waals surface area contributed by atoms with Crippen molar-refractivity contribution in [3.05, 3.63) is 105 Å². The normalized spacial score (nSPS) is 11.8. The molecule has 0 radical (unpaired) electrons. The molecule has 0 aliphatic rings. The fourth-order valence-electron chi connectivity index (χ4n) is 3.94. The van der Waals surface area contributed by atoms with Crippen molar-refractivity contribution in [2.75, 3.05) is 5.73 Å². The Bertz CT molecular complexity index is 1700. The van der Waals surface area contributed by atoms with E-state index in [-0.39, 0.29) is 26.6 Å². The number of nitrogens with zero attached hydrogens (tertiary/aromatic N) is 3. The first-order valence-electron chi connectivity index (χ1n) is 10.5. The van der Waals surface area contributed by atoms with Gasteiger partial charge < -0.3 is 5.73 Å². The largest absolute Gasteiger partial charge is 0.317 e. The van der Waals surface area contributed by atoms with Crippen LogP contribution >= 0.6 is 15.9 Å². The summed E-state index contributed by atoms with van der Waals surface area (Å²) < 4.78 is 30.9. The number of aromatic nitrogens is 3. The third kappa shape index (κ3) is 3.86. The van der Waals surface area contributed by atoms with Gasteiger partial charge in [-0.05, 0) is 48.0 Å². The Kier molecular flexibility index (Phi) is 5.66. The molecule has 0 spiro atoms. The lowest BCUT2D eigenvalue weighted by Gasteiger charge is -2.13. The minimum atomic E-state index is -4.00. The number of sulfone groups is 1. The number of nitrogens with two attached hydrogens (primary N) is 1. The van der Waals surface area contributed by atoms with Crippen LogP contribution < -0.4 is 15.9 Å². The van der Waals surface area contributed by atoms with Crippen LogP contribution in [0.5, 0.6) is 0 Å². The first-order chi connectivity index (χ1) is 16.4. The maximum Gasteiger partial charge on any atom is 0.278 e. The molecule has 9 heteroatoms. The van der Waals surface area contributed by atoms with E-state index in [1.54, 1.807) is 41.1 Å². The van der Waals surface area contributed by atoms with E-state index in [4.69, 9.17) is 5.73 Å². The molecule has 0 aliphatic carbocycles. The molecule has 2 aromatic carbocycles. The predicted molar refractivity (Wildman–Crippen MR) is 133 cm³/mol. The number of nitrogen functional groups attached to an aromatic ring is 1. The average molecular weight is 536 g/mol. The van der Waals surface area contributed by atoms with Crippen molar-refractivity contribution in [3.8, 4) is 0 Å². The highest BCUT2D eigenvalue weighted by molar-refractivity contribution is 9.10. The maximum absolute atomic E-state index is 13.6. The third-order valence-electron chi connectivity index (χ3n) is 5.70. The van der Waals surface area contributed by atoms with Gasteiger partial charge in [-0.2, -0.15) is 0 Å². The number of fused-ring (bicyclic) bond motifs is 2. The Labute approximate surface area is 204 Å². The molecule has 0 atom stereocenters. The van der Waals surface area contributed by atoms with E-state index in [9.17, 15) is 13.2 Å². The van der Waals surface area contributed by atoms with Crippen LogP contribution in [0.2, 0.25) is 0 Å². The Morgan fingerprint density at radius 1 is 0.971 bits per heavy atom. The summed E-state index contributed by atoms with van der Waals surface area (Å²) in [6, 6.07) is 22.7. The summed E-state index contributed by atoms with van der Waals surface area (Å²) in [5.41, 5.74) is 7.99. The molecule has 3 aromatic heterocycles. The molecule has 7 nitrogen and oxygen atoms in total. The fraction of sp³-hybridized carbons (Fsp3) is 0.0800. The van der Waals surface area contributed by atoms with Crippen molar-refractivity contribution in [3.63, 3.8) is 0 Å². The summed E-state index contributed by atoms with van der Waals surface area (Å²) in [6.07, 6.45) is 2.19. The zero-order valence-electron chi connectivity index (χ0n) is 17.9. The summed E-state index contributed by atoms with van der Waals surface area (Å²) in [6.45, 7) is 0.353. The summed E-state index contributed by atoms with van der Waals surface area (Å²) in [5, 5.41) is 0.182. The lowest BCUT2D eigenvalue weighted by Crippen LogP contribution is -2.42. The van der Waals surface area contributed by atoms with Gasteiger partial charge in [0.25, 0.3) is 11.2 Å². The molecular weight excluding hydrogens is 516 g/mol. The standard InChI is InChI=1S/C25H19BrN4O3S/c26-18-9-11-19(12-10-18)34(32,33)21-16-20-24(28-22-8-4-5-14-29(22)25(20)31)30(23(21)27)15-13-17-6-2-1-3-7-17/h1-12,14,16,27H,13,15H2/p+1. The molecule has 0 aliphatic heterocycles. The molecule has 0 saturated carbocycles. The molecule has 34 heavy (non-hydrogen) atoms. The highest BCUT2D eigenvalue weighted by atomic mass is 79.9. The molecule has 2 N–H and O–H groups in total. The number of hydrogen-bond acceptors (Lipinski definition) is 5. The zero-order valence-corrected chi connectivity index (χ0v) is 20.3. The van der Waals surface area contributed by atoms with Crippen LogP contribution in [0, 0.1) is 0 Å². The Hall–Kier alpha value is -3.56. The number of pyridine rings is 2. The van der Waals surface area contributed by atoms with E-state index < -0.39 is 9.84 Å². The van der Waals surface area contributed by atoms with Gasteiger partial charge in [-0.1, -0.05) is 57.3 Å². The lowest BCUT2D eigenvalue weighted by molar-refractivity contribution is -0.659. The van der Waals surface area contributed by atoms with Gasteiger partial charge in [0.2, 0.25) is 21.3 Å². The van der Waals surface area contributed by atoms with Crippen LogP contribution in [-0.4, -0.2) is 17.8 Å². The molecule has 0 bridgehead atoms. The molecular formula is C25H20BrN4O3S+. The van der Waals surface area contributed by atoms with Gasteiger partial charge in [-0.3, -0.25) is 9.20 Å². The van der Waals surface area contributed by atoms with Crippen LogP contribution in [0.15, 0.2) is 104 Å². The van der Waals surface area contributed by atoms with Crippen molar-refractivity contribution in [2.45, 2.75) is 22.8 Å². The van der Waals surface area contributed by atoms with Crippen molar-refractivity contribution >= 4 is 48.3 Å². The van der Waals surface area contributed by atoms with Crippen molar-refractivity contribution in [1.29, 1.82) is 0 Å². The van der Waals surface area contributed by atoms with Crippen molar-refractivity contribution in [2.24, 2.45) is 0 Å². The molecule has 0 saturated heterocycles. The SMILES string of the molecule is Nc1c(S(=O)(=O)c2ccc(Br)cc2)cc2c(=O)n3ccccc3nc2[n+]1CCc1ccccc1. The smallest absolute Gasteiger partial charge is 0.278 e. The molecule has 5 rings (SSSR count). The van der Waals surface area contributed by atoms with Gasteiger partial charge in [0.15, 0.2) is 0 Å². The number of rotatable bonds is 5. The van der Waals surface area contributed by atoms with Gasteiger partial charge in [-0.25, -0.2) is 13.0 Å². The highest BCUT2D eigenvalue weighted by Gasteiger charge is 2.29. The van der Waals surface area contributed by atoms with Crippen LogP contribution in [0.4, 0.5) is 5.82 Å². The predicted octanol–water partition coefficient (Wildman–Crippen LogP) is 3.56. The maximum atomic E-state index is 13.6. The van der Waals surface area contributed by atoms with Crippen LogP contribution in [0.3, 0.4) is 0 Å². The quantitative estimate of drug-likeness (QED) is 0.274. The monoisotopic (exact) mass is 535 g/mol. The van der Waals surface area contributed by atoms with E-state index in [0.717, 1.165) is 10.0 Å². The first kappa shape index (κ1) is 22.2. The highest BCUT2D eigenvalue weighted by Crippen LogP contribution is 2.27. The first-order valence-corrected chi connectivity index (χ1v) is 12.8. The zero-order chi connectivity index (χ0) is 23.9. The van der Waals surface area contributed by atoms with Crippen molar-refractivity contribution in [1.82, 2.24) is 9.38 Å². The lowest BCUT2D eigenvalue weighted by atomic mass is 10.1. The fourth-order valence-corrected chi connectivity index (χ4v) is 5.61. The Morgan fingerprint density at radius 3 is 2.41 bits per heavy atom. The second-order valence-corrected chi connectivity index (χ2v) is 10.7. The number of halogens is 1. The van der Waals surface area contributed by atoms with Crippen LogP contribution in [-0.2, 0) is 22.8 Å². The van der Waals surface area contributed by atoms with Gasteiger partial charge in [0.1, 0.15) is 10.3 Å². The molecule has 3 heterocycles. The summed E-state index contributed by atoms with van der Waals surface area (Å²) >= 11 is 3.33. The van der Waals surface area contributed by atoms with E-state index in [1.807, 2.05) is 30.3 Å². The van der Waals surface area contributed by atoms with Crippen LogP contribution in [0.25, 0.3) is 16.7 Å². The second-order valence-electron chi connectivity index (χ2n) is 7.82. The number of benzene rings is 2. The molecule has 0 fully saturated rings. The van der Waals surface area contributed by atoms with E-state index in [0.29, 0.717) is 24.3 Å². The van der Waals surface area contributed by atoms with Gasteiger partial charge in [0, 0.05) is 17.1 Å². The number of hydrogen-bond donors (Lipinski definition) is 1. The number of anilines is 1. The van der Waals surface area contributed by atoms with E-state index >= 15 is 0 Å². The molecule has 0 unspecified atom stereocenters. The molecule has 5 aromatic rings. The Morgan fingerprint density at radius 2 is 1.68 bits per heavy atom. The summed E-state index contributed by atoms with van der Waals surface area (Å²) in [4.78, 5) is 18.0. The average Bonchev–Trinajstić information content (AvgIpc) is 2.84. The van der Waals surface area contributed by atoms with Gasteiger partial charge >= 0.3 is 0 Å². The summed E-state index contributed by atoms with van der Waals surface area (Å²) in [5.74, 6) is 0.0403. The summed E-state index contributed by atoms with van der Waals surface area (Å²) in [7, 11) is -4.00. The van der Waals surface area contributed by atoms with E-state index in [2.05, 4.69) is 20.9 Å². The minimum Gasteiger partial charge on any atom is -0.317 e. The van der Waals surface area contributed by atoms with Gasteiger partial charge in [0.05, 0.1) is 11.4 Å². The molecule has 170 valence electrons. The topological polar surface area (TPSA) is 98.4 Å². The van der Waals surface area contributed by atoms with Gasteiger partial charge in [-0.15, -0.1) is 0 Å². The minimum absolute atomic E-state index is 0.0403. The molecule has 0 amide bonds. The third-order valence-corrected chi connectivity index (χ3v) is 8.03. The van der Waals surface area contributed by atoms with Crippen molar-refractivity contribution < 1.29 is 13.0 Å².